The number of aromatic nitrogens is 6. The Bertz CT molecular complexity index is 826. The Kier molecular flexibility index (Phi) is 4.94. The minimum Gasteiger partial charge on any atom is -0.338 e. The minimum absolute atomic E-state index is 0.500. The van der Waals surface area contributed by atoms with Crippen molar-refractivity contribution in [1.82, 2.24) is 30.3 Å². The first-order chi connectivity index (χ1) is 11.5. The second-order valence-electron chi connectivity index (χ2n) is 6.08. The van der Waals surface area contributed by atoms with Crippen molar-refractivity contribution in [2.75, 3.05) is 0 Å². The van der Waals surface area contributed by atoms with Crippen LogP contribution in [0.3, 0.4) is 0 Å². The highest BCUT2D eigenvalue weighted by atomic mass is 32.2. The van der Waals surface area contributed by atoms with Crippen molar-refractivity contribution in [3.05, 3.63) is 41.0 Å². The number of thioether (sulfide) groups is 1. The van der Waals surface area contributed by atoms with Crippen LogP contribution in [-0.2, 0) is 12.2 Å². The summed E-state index contributed by atoms with van der Waals surface area (Å²) in [5.41, 5.74) is 3.34. The van der Waals surface area contributed by atoms with Crippen LogP contribution < -0.4 is 0 Å². The predicted octanol–water partition coefficient (Wildman–Crippen LogP) is 3.15. The first-order valence-corrected chi connectivity index (χ1v) is 8.82. The molecule has 8 heteroatoms. The number of aryl methyl sites for hydroxylation is 1. The number of rotatable bonds is 6. The number of hydrogen-bond donors (Lipinski definition) is 0. The molecule has 0 aliphatic carbocycles. The summed E-state index contributed by atoms with van der Waals surface area (Å²) < 4.78 is 7.04. The molecule has 2 aromatic heterocycles. The van der Waals surface area contributed by atoms with Gasteiger partial charge in [-0.25, -0.2) is 0 Å². The van der Waals surface area contributed by atoms with Gasteiger partial charge in [0.2, 0.25) is 11.0 Å². The lowest BCUT2D eigenvalue weighted by molar-refractivity contribution is 0.382. The maximum absolute atomic E-state index is 5.29. The molecule has 2 heterocycles. The van der Waals surface area contributed by atoms with E-state index in [1.165, 1.54) is 17.3 Å². The van der Waals surface area contributed by atoms with E-state index in [4.69, 9.17) is 4.52 Å². The predicted molar refractivity (Wildman–Crippen MR) is 91.0 cm³/mol. The highest BCUT2D eigenvalue weighted by Gasteiger charge is 2.14. The summed E-state index contributed by atoms with van der Waals surface area (Å²) in [6.45, 7) is 8.40. The van der Waals surface area contributed by atoms with E-state index in [1.54, 1.807) is 4.68 Å². The summed E-state index contributed by atoms with van der Waals surface area (Å²) in [7, 11) is 0. The minimum atomic E-state index is 0.500. The molecule has 0 bridgehead atoms. The molecule has 3 aromatic rings. The Hall–Kier alpha value is -2.22. The fraction of sp³-hybridized carbons (Fsp3) is 0.438. The van der Waals surface area contributed by atoms with Crippen LogP contribution in [0, 0.1) is 19.8 Å². The summed E-state index contributed by atoms with van der Waals surface area (Å²) >= 11 is 1.48. The summed E-state index contributed by atoms with van der Waals surface area (Å²) in [5, 5.41) is 16.7. The van der Waals surface area contributed by atoms with Crippen LogP contribution in [0.2, 0.25) is 0 Å². The van der Waals surface area contributed by atoms with E-state index in [2.05, 4.69) is 59.4 Å². The van der Waals surface area contributed by atoms with E-state index in [-0.39, 0.29) is 0 Å². The summed E-state index contributed by atoms with van der Waals surface area (Å²) in [5.74, 6) is 2.37. The van der Waals surface area contributed by atoms with Gasteiger partial charge < -0.3 is 4.52 Å². The Morgan fingerprint density at radius 1 is 1.25 bits per heavy atom. The Morgan fingerprint density at radius 3 is 2.88 bits per heavy atom. The maximum atomic E-state index is 5.29. The van der Waals surface area contributed by atoms with E-state index >= 15 is 0 Å². The van der Waals surface area contributed by atoms with Crippen LogP contribution in [0.4, 0.5) is 0 Å². The first kappa shape index (κ1) is 16.6. The van der Waals surface area contributed by atoms with Gasteiger partial charge >= 0.3 is 0 Å². The maximum Gasteiger partial charge on any atom is 0.237 e. The zero-order chi connectivity index (χ0) is 17.1. The largest absolute Gasteiger partial charge is 0.338 e. The number of nitrogens with zero attached hydrogens (tertiary/aromatic N) is 6. The first-order valence-electron chi connectivity index (χ1n) is 7.84. The zero-order valence-electron chi connectivity index (χ0n) is 14.2. The topological polar surface area (TPSA) is 82.5 Å². The molecular formula is C16H20N6OS. The molecule has 0 aliphatic heterocycles. The van der Waals surface area contributed by atoms with Crippen molar-refractivity contribution in [3.8, 4) is 5.69 Å². The van der Waals surface area contributed by atoms with Crippen molar-refractivity contribution < 1.29 is 4.52 Å². The van der Waals surface area contributed by atoms with Gasteiger partial charge in [-0.3, -0.25) is 0 Å². The molecule has 0 amide bonds. The van der Waals surface area contributed by atoms with Crippen molar-refractivity contribution in [3.63, 3.8) is 0 Å². The van der Waals surface area contributed by atoms with Gasteiger partial charge in [0.25, 0.3) is 0 Å². The molecule has 0 fully saturated rings. The van der Waals surface area contributed by atoms with E-state index in [9.17, 15) is 0 Å². The van der Waals surface area contributed by atoms with E-state index in [1.807, 2.05) is 12.1 Å². The van der Waals surface area contributed by atoms with E-state index in [0.717, 1.165) is 23.5 Å². The molecular weight excluding hydrogens is 324 g/mol. The molecule has 24 heavy (non-hydrogen) atoms. The Labute approximate surface area is 144 Å². The van der Waals surface area contributed by atoms with Gasteiger partial charge in [-0.2, -0.15) is 9.67 Å². The molecule has 0 aliphatic rings. The van der Waals surface area contributed by atoms with Gasteiger partial charge in [-0.1, -0.05) is 42.9 Å². The van der Waals surface area contributed by atoms with Crippen LogP contribution in [-0.4, -0.2) is 30.3 Å². The van der Waals surface area contributed by atoms with Crippen LogP contribution >= 0.6 is 11.8 Å². The highest BCUT2D eigenvalue weighted by molar-refractivity contribution is 7.98. The van der Waals surface area contributed by atoms with Crippen molar-refractivity contribution in [2.45, 2.75) is 45.0 Å². The molecule has 0 N–H and O–H groups in total. The molecule has 3 rings (SSSR count). The third-order valence-corrected chi connectivity index (χ3v) is 4.57. The summed E-state index contributed by atoms with van der Waals surface area (Å²) in [6.07, 6.45) is 0.814. The van der Waals surface area contributed by atoms with Crippen LogP contribution in [0.1, 0.15) is 36.7 Å². The van der Waals surface area contributed by atoms with Crippen LogP contribution in [0.5, 0.6) is 0 Å². The normalized spacial score (nSPS) is 11.4. The summed E-state index contributed by atoms with van der Waals surface area (Å²) in [4.78, 5) is 4.41. The monoisotopic (exact) mass is 344 g/mol. The van der Waals surface area contributed by atoms with Gasteiger partial charge in [0.1, 0.15) is 0 Å². The quantitative estimate of drug-likeness (QED) is 0.635. The van der Waals surface area contributed by atoms with Crippen molar-refractivity contribution in [2.24, 2.45) is 5.92 Å². The molecule has 0 unspecified atom stereocenters. The average molecular weight is 344 g/mol. The van der Waals surface area contributed by atoms with Crippen LogP contribution in [0.25, 0.3) is 5.69 Å². The molecule has 0 saturated carbocycles. The molecule has 0 saturated heterocycles. The zero-order valence-corrected chi connectivity index (χ0v) is 15.0. The fourth-order valence-electron chi connectivity index (χ4n) is 2.31. The highest BCUT2D eigenvalue weighted by Crippen LogP contribution is 2.24. The molecule has 126 valence electrons. The van der Waals surface area contributed by atoms with E-state index < -0.39 is 0 Å². The lowest BCUT2D eigenvalue weighted by Crippen LogP contribution is -2.02. The van der Waals surface area contributed by atoms with Crippen LogP contribution in [0.15, 0.2) is 27.9 Å². The average Bonchev–Trinajstić information content (AvgIpc) is 3.16. The van der Waals surface area contributed by atoms with Gasteiger partial charge in [0.15, 0.2) is 5.82 Å². The van der Waals surface area contributed by atoms with Gasteiger partial charge in [-0.05, 0) is 47.4 Å². The second kappa shape index (κ2) is 7.12. The van der Waals surface area contributed by atoms with Crippen molar-refractivity contribution >= 4 is 11.8 Å². The molecule has 0 spiro atoms. The molecule has 0 atom stereocenters. The molecule has 1 aromatic carbocycles. The fourth-order valence-corrected chi connectivity index (χ4v) is 3.03. The lowest BCUT2D eigenvalue weighted by atomic mass is 10.1. The molecule has 7 nitrogen and oxygen atoms in total. The van der Waals surface area contributed by atoms with E-state index in [0.29, 0.717) is 22.7 Å². The smallest absolute Gasteiger partial charge is 0.237 e. The second-order valence-corrected chi connectivity index (χ2v) is 7.03. The van der Waals surface area contributed by atoms with Gasteiger partial charge in [0, 0.05) is 6.42 Å². The third kappa shape index (κ3) is 3.64. The summed E-state index contributed by atoms with van der Waals surface area (Å²) in [6, 6.07) is 6.09. The van der Waals surface area contributed by atoms with Crippen molar-refractivity contribution in [1.29, 1.82) is 0 Å². The standard InChI is InChI=1S/C16H20N6OS/c1-10(2)8-14-17-15(23-19-14)9-24-16-18-20-21-22(16)13-7-5-6-11(3)12(13)4/h5-7,10H,8-9H2,1-4H3. The third-order valence-electron chi connectivity index (χ3n) is 3.67. The molecule has 0 radical (unpaired) electrons. The van der Waals surface area contributed by atoms with Gasteiger partial charge in [0.05, 0.1) is 11.4 Å². The SMILES string of the molecule is Cc1cccc(-n2nnnc2SCc2nc(CC(C)C)no2)c1C. The lowest BCUT2D eigenvalue weighted by Gasteiger charge is -2.08. The number of tetrazole rings is 1. The number of benzene rings is 1. The Morgan fingerprint density at radius 2 is 2.08 bits per heavy atom. The Balaban J connectivity index is 1.74. The van der Waals surface area contributed by atoms with Gasteiger partial charge in [-0.15, -0.1) is 5.10 Å². The number of hydrogen-bond acceptors (Lipinski definition) is 7.